The van der Waals surface area contributed by atoms with Gasteiger partial charge in [0, 0.05) is 0 Å². The van der Waals surface area contributed by atoms with Crippen LogP contribution in [0.15, 0.2) is 12.1 Å². The molecule has 1 fully saturated rings. The Morgan fingerprint density at radius 2 is 1.63 bits per heavy atom. The highest BCUT2D eigenvalue weighted by atomic mass is 16.7. The molecule has 2 rings (SSSR count). The highest BCUT2D eigenvalue weighted by molar-refractivity contribution is 6.62. The Labute approximate surface area is 115 Å². The zero-order valence-corrected chi connectivity index (χ0v) is 12.5. The van der Waals surface area contributed by atoms with Crippen molar-refractivity contribution >= 4 is 18.3 Å². The van der Waals surface area contributed by atoms with Gasteiger partial charge < -0.3 is 19.8 Å². The van der Waals surface area contributed by atoms with E-state index in [0.29, 0.717) is 11.4 Å². The van der Waals surface area contributed by atoms with Gasteiger partial charge in [-0.15, -0.1) is 0 Å². The standard InChI is InChI=1S/C14H22BNO3/c1-9-10(7-8-11(17-6)12(9)16)15-18-13(2,3)14(4,5)19-15/h7-8H,16H2,1-6H3. The highest BCUT2D eigenvalue weighted by Crippen LogP contribution is 2.37. The van der Waals surface area contributed by atoms with E-state index in [1.54, 1.807) is 7.11 Å². The largest absolute Gasteiger partial charge is 0.495 e. The van der Waals surface area contributed by atoms with E-state index in [0.717, 1.165) is 11.0 Å². The van der Waals surface area contributed by atoms with E-state index in [4.69, 9.17) is 19.8 Å². The molecule has 0 bridgehead atoms. The van der Waals surface area contributed by atoms with Gasteiger partial charge in [-0.2, -0.15) is 0 Å². The molecule has 0 saturated carbocycles. The molecular formula is C14H22BNO3. The zero-order valence-electron chi connectivity index (χ0n) is 12.5. The lowest BCUT2D eigenvalue weighted by Crippen LogP contribution is -2.41. The molecule has 0 unspecified atom stereocenters. The van der Waals surface area contributed by atoms with E-state index in [1.165, 1.54) is 0 Å². The Bertz CT molecular complexity index is 484. The topological polar surface area (TPSA) is 53.7 Å². The minimum Gasteiger partial charge on any atom is -0.495 e. The van der Waals surface area contributed by atoms with Crippen LogP contribution in [0.2, 0.25) is 0 Å². The van der Waals surface area contributed by atoms with Gasteiger partial charge in [0.2, 0.25) is 0 Å². The molecule has 1 aromatic carbocycles. The fourth-order valence-electron chi connectivity index (χ4n) is 2.12. The van der Waals surface area contributed by atoms with Crippen molar-refractivity contribution in [2.24, 2.45) is 0 Å². The minimum absolute atomic E-state index is 0.348. The van der Waals surface area contributed by atoms with E-state index in [2.05, 4.69) is 0 Å². The van der Waals surface area contributed by atoms with Crippen molar-refractivity contribution in [3.63, 3.8) is 0 Å². The fourth-order valence-corrected chi connectivity index (χ4v) is 2.12. The SMILES string of the molecule is COc1ccc(B2OC(C)(C)C(C)(C)O2)c(C)c1N. The van der Waals surface area contributed by atoms with Crippen molar-refractivity contribution in [3.05, 3.63) is 17.7 Å². The molecular weight excluding hydrogens is 241 g/mol. The van der Waals surface area contributed by atoms with Gasteiger partial charge in [-0.05, 0) is 51.7 Å². The number of anilines is 1. The van der Waals surface area contributed by atoms with Crippen LogP contribution in [0.5, 0.6) is 5.75 Å². The molecule has 0 amide bonds. The van der Waals surface area contributed by atoms with Gasteiger partial charge in [0.05, 0.1) is 24.0 Å². The Kier molecular flexibility index (Phi) is 3.31. The predicted octanol–water partition coefficient (Wildman–Crippen LogP) is 1.89. The summed E-state index contributed by atoms with van der Waals surface area (Å²) in [4.78, 5) is 0. The van der Waals surface area contributed by atoms with Crippen LogP contribution in [0.1, 0.15) is 33.3 Å². The molecule has 1 saturated heterocycles. The quantitative estimate of drug-likeness (QED) is 0.654. The summed E-state index contributed by atoms with van der Waals surface area (Å²) < 4.78 is 17.3. The van der Waals surface area contributed by atoms with E-state index >= 15 is 0 Å². The maximum absolute atomic E-state index is 6.06. The first-order valence-electron chi connectivity index (χ1n) is 6.48. The molecule has 0 aliphatic carbocycles. The molecule has 1 heterocycles. The van der Waals surface area contributed by atoms with Crippen molar-refractivity contribution in [1.29, 1.82) is 0 Å². The second-order valence-electron chi connectivity index (χ2n) is 5.98. The first-order valence-corrected chi connectivity index (χ1v) is 6.48. The number of rotatable bonds is 2. The highest BCUT2D eigenvalue weighted by Gasteiger charge is 2.52. The van der Waals surface area contributed by atoms with Crippen molar-refractivity contribution in [2.45, 2.75) is 45.8 Å². The fraction of sp³-hybridized carbons (Fsp3) is 0.571. The monoisotopic (exact) mass is 263 g/mol. The van der Waals surface area contributed by atoms with Gasteiger partial charge in [0.25, 0.3) is 0 Å². The zero-order chi connectivity index (χ0) is 14.4. The lowest BCUT2D eigenvalue weighted by Gasteiger charge is -2.32. The van der Waals surface area contributed by atoms with Gasteiger partial charge in [-0.3, -0.25) is 0 Å². The number of hydrogen-bond acceptors (Lipinski definition) is 4. The summed E-state index contributed by atoms with van der Waals surface area (Å²) in [6.45, 7) is 10.1. The Balaban J connectivity index is 2.38. The molecule has 1 aliphatic rings. The molecule has 0 atom stereocenters. The lowest BCUT2D eigenvalue weighted by molar-refractivity contribution is 0.00578. The molecule has 2 N–H and O–H groups in total. The summed E-state index contributed by atoms with van der Waals surface area (Å²) in [5.74, 6) is 0.678. The van der Waals surface area contributed by atoms with Crippen molar-refractivity contribution in [2.75, 3.05) is 12.8 Å². The smallest absolute Gasteiger partial charge is 0.495 e. The van der Waals surface area contributed by atoms with Gasteiger partial charge in [-0.25, -0.2) is 0 Å². The van der Waals surface area contributed by atoms with Crippen LogP contribution in [-0.4, -0.2) is 25.4 Å². The van der Waals surface area contributed by atoms with Crippen molar-refractivity contribution in [1.82, 2.24) is 0 Å². The van der Waals surface area contributed by atoms with E-state index in [9.17, 15) is 0 Å². The third kappa shape index (κ3) is 2.21. The second kappa shape index (κ2) is 4.42. The van der Waals surface area contributed by atoms with E-state index < -0.39 is 7.12 Å². The Hall–Kier alpha value is -1.20. The maximum Gasteiger partial charge on any atom is 0.495 e. The lowest BCUT2D eigenvalue weighted by atomic mass is 9.75. The number of hydrogen-bond donors (Lipinski definition) is 1. The number of nitrogen functional groups attached to an aromatic ring is 1. The average molecular weight is 263 g/mol. The van der Waals surface area contributed by atoms with Gasteiger partial charge in [0.1, 0.15) is 5.75 Å². The second-order valence-corrected chi connectivity index (χ2v) is 5.98. The van der Waals surface area contributed by atoms with E-state index in [1.807, 2.05) is 46.8 Å². The summed E-state index contributed by atoms with van der Waals surface area (Å²) in [6.07, 6.45) is 0. The minimum atomic E-state index is -0.391. The number of nitrogens with two attached hydrogens (primary N) is 1. The van der Waals surface area contributed by atoms with Gasteiger partial charge >= 0.3 is 7.12 Å². The first-order chi connectivity index (χ1) is 8.69. The summed E-state index contributed by atoms with van der Waals surface area (Å²) in [7, 11) is 1.22. The summed E-state index contributed by atoms with van der Waals surface area (Å²) in [6, 6.07) is 3.80. The van der Waals surface area contributed by atoms with Gasteiger partial charge in [0.15, 0.2) is 0 Å². The van der Waals surface area contributed by atoms with Crippen LogP contribution < -0.4 is 15.9 Å². The predicted molar refractivity (Wildman–Crippen MR) is 77.9 cm³/mol. The molecule has 1 aromatic rings. The molecule has 4 nitrogen and oxygen atoms in total. The number of benzene rings is 1. The third-order valence-electron chi connectivity index (χ3n) is 4.24. The normalized spacial score (nSPS) is 20.6. The molecule has 1 aliphatic heterocycles. The van der Waals surface area contributed by atoms with Gasteiger partial charge in [-0.1, -0.05) is 6.07 Å². The third-order valence-corrected chi connectivity index (χ3v) is 4.24. The van der Waals surface area contributed by atoms with Crippen LogP contribution in [0, 0.1) is 6.92 Å². The number of methoxy groups -OCH3 is 1. The summed E-state index contributed by atoms with van der Waals surface area (Å²) in [5, 5.41) is 0. The molecule has 0 spiro atoms. The van der Waals surface area contributed by atoms with Crippen molar-refractivity contribution in [3.8, 4) is 5.75 Å². The molecule has 104 valence electrons. The number of ether oxygens (including phenoxy) is 1. The summed E-state index contributed by atoms with van der Waals surface area (Å²) >= 11 is 0. The molecule has 0 radical (unpaired) electrons. The van der Waals surface area contributed by atoms with Crippen LogP contribution in [0.25, 0.3) is 0 Å². The van der Waals surface area contributed by atoms with Crippen LogP contribution >= 0.6 is 0 Å². The van der Waals surface area contributed by atoms with E-state index in [-0.39, 0.29) is 11.2 Å². The summed E-state index contributed by atoms with van der Waals surface area (Å²) in [5.41, 5.74) is 7.90. The first kappa shape index (κ1) is 14.2. The maximum atomic E-state index is 6.06. The van der Waals surface area contributed by atoms with Crippen LogP contribution in [0.4, 0.5) is 5.69 Å². The Morgan fingerprint density at radius 1 is 1.11 bits per heavy atom. The molecule has 19 heavy (non-hydrogen) atoms. The molecule has 5 heteroatoms. The van der Waals surface area contributed by atoms with Crippen LogP contribution in [0.3, 0.4) is 0 Å². The average Bonchev–Trinajstić information content (AvgIpc) is 2.51. The van der Waals surface area contributed by atoms with Crippen LogP contribution in [-0.2, 0) is 9.31 Å². The van der Waals surface area contributed by atoms with Crippen molar-refractivity contribution < 1.29 is 14.0 Å². The Morgan fingerprint density at radius 3 is 2.11 bits per heavy atom. The molecule has 0 aromatic heterocycles.